The summed E-state index contributed by atoms with van der Waals surface area (Å²) in [5, 5.41) is 12.0. The van der Waals surface area contributed by atoms with E-state index < -0.39 is 11.1 Å². The van der Waals surface area contributed by atoms with E-state index in [-0.39, 0.29) is 17.5 Å². The maximum atomic E-state index is 9.85. The van der Waals surface area contributed by atoms with Gasteiger partial charge in [-0.2, -0.15) is 5.06 Å². The SMILES string of the molecule is CC(C)(C)OCC(ON(C(C)(C)c1ccccc1)C(C)(C)c1ccccc1)c1ccc(O)cc1. The van der Waals surface area contributed by atoms with Crippen LogP contribution in [0.2, 0.25) is 0 Å². The third-order valence-corrected chi connectivity index (χ3v) is 6.14. The molecule has 1 atom stereocenters. The Kier molecular flexibility index (Phi) is 7.87. The molecule has 0 aliphatic carbocycles. The van der Waals surface area contributed by atoms with Crippen molar-refractivity contribution in [3.8, 4) is 5.75 Å². The summed E-state index contributed by atoms with van der Waals surface area (Å²) in [6.45, 7) is 15.2. The molecule has 0 aliphatic heterocycles. The van der Waals surface area contributed by atoms with Crippen molar-refractivity contribution < 1.29 is 14.7 Å². The molecule has 0 amide bonds. The fraction of sp³-hybridized carbons (Fsp3) is 0.400. The Morgan fingerprint density at radius 1 is 0.676 bits per heavy atom. The van der Waals surface area contributed by atoms with Crippen molar-refractivity contribution in [2.75, 3.05) is 6.61 Å². The van der Waals surface area contributed by atoms with Gasteiger partial charge in [-0.05, 0) is 77.3 Å². The van der Waals surface area contributed by atoms with E-state index in [1.54, 1.807) is 12.1 Å². The highest BCUT2D eigenvalue weighted by Crippen LogP contribution is 2.42. The molecule has 1 N–H and O–H groups in total. The molecule has 0 spiro atoms. The molecule has 0 bridgehead atoms. The van der Waals surface area contributed by atoms with Gasteiger partial charge in [0.15, 0.2) is 0 Å². The second-order valence-corrected chi connectivity index (χ2v) is 10.8. The van der Waals surface area contributed by atoms with Crippen LogP contribution in [0.5, 0.6) is 5.75 Å². The number of hydrogen-bond donors (Lipinski definition) is 1. The number of nitrogens with zero attached hydrogens (tertiary/aromatic N) is 1. The van der Waals surface area contributed by atoms with Crippen molar-refractivity contribution in [3.63, 3.8) is 0 Å². The van der Waals surface area contributed by atoms with E-state index in [0.29, 0.717) is 6.61 Å². The Morgan fingerprint density at radius 2 is 1.12 bits per heavy atom. The fourth-order valence-corrected chi connectivity index (χ4v) is 4.22. The molecule has 0 saturated carbocycles. The molecule has 0 aliphatic rings. The highest BCUT2D eigenvalue weighted by atomic mass is 16.7. The van der Waals surface area contributed by atoms with E-state index in [0.717, 1.165) is 16.7 Å². The summed E-state index contributed by atoms with van der Waals surface area (Å²) in [6, 6.07) is 28.0. The van der Waals surface area contributed by atoms with Crippen molar-refractivity contribution in [1.82, 2.24) is 5.06 Å². The zero-order valence-electron chi connectivity index (χ0n) is 21.6. The van der Waals surface area contributed by atoms with Gasteiger partial charge in [-0.25, -0.2) is 0 Å². The molecule has 0 radical (unpaired) electrons. The Labute approximate surface area is 205 Å². The Bertz CT molecular complexity index is 971. The Balaban J connectivity index is 2.08. The van der Waals surface area contributed by atoms with Crippen LogP contribution in [0.1, 0.15) is 71.3 Å². The summed E-state index contributed by atoms with van der Waals surface area (Å²) < 4.78 is 6.20. The van der Waals surface area contributed by atoms with E-state index in [1.165, 1.54) is 0 Å². The standard InChI is InChI=1S/C30H39NO3/c1-28(2,3)33-22-27(23-18-20-26(32)21-19-23)34-31(29(4,5)24-14-10-8-11-15-24)30(6,7)25-16-12-9-13-17-25/h8-21,27,32H,22H2,1-7H3. The smallest absolute Gasteiger partial charge is 0.128 e. The lowest BCUT2D eigenvalue weighted by Gasteiger charge is -2.49. The predicted molar refractivity (Wildman–Crippen MR) is 138 cm³/mol. The summed E-state index contributed by atoms with van der Waals surface area (Å²) in [4.78, 5) is 6.94. The van der Waals surface area contributed by atoms with Crippen molar-refractivity contribution in [2.45, 2.75) is 71.2 Å². The molecule has 4 heteroatoms. The number of benzene rings is 3. The zero-order chi connectivity index (χ0) is 25.0. The van der Waals surface area contributed by atoms with Crippen LogP contribution in [-0.4, -0.2) is 22.4 Å². The van der Waals surface area contributed by atoms with Crippen LogP contribution in [0, 0.1) is 0 Å². The average molecular weight is 462 g/mol. The minimum atomic E-state index is -0.461. The summed E-state index contributed by atoms with van der Waals surface area (Å²) >= 11 is 0. The van der Waals surface area contributed by atoms with Crippen LogP contribution in [0.3, 0.4) is 0 Å². The van der Waals surface area contributed by atoms with Gasteiger partial charge >= 0.3 is 0 Å². The van der Waals surface area contributed by atoms with Gasteiger partial charge in [-0.1, -0.05) is 72.8 Å². The van der Waals surface area contributed by atoms with Gasteiger partial charge in [-0.3, -0.25) is 4.84 Å². The molecule has 3 aromatic rings. The number of ether oxygens (including phenoxy) is 1. The maximum absolute atomic E-state index is 9.85. The number of phenolic OH excluding ortho intramolecular Hbond substituents is 1. The number of hydrogen-bond acceptors (Lipinski definition) is 4. The summed E-state index contributed by atoms with van der Waals surface area (Å²) in [5.41, 5.74) is 2.02. The van der Waals surface area contributed by atoms with Crippen molar-refractivity contribution in [2.24, 2.45) is 0 Å². The third kappa shape index (κ3) is 6.26. The first-order chi connectivity index (χ1) is 15.9. The zero-order valence-corrected chi connectivity index (χ0v) is 21.6. The second-order valence-electron chi connectivity index (χ2n) is 10.8. The quantitative estimate of drug-likeness (QED) is 0.338. The largest absolute Gasteiger partial charge is 0.508 e. The molecule has 4 nitrogen and oxygen atoms in total. The summed E-state index contributed by atoms with van der Waals surface area (Å²) in [5.74, 6) is 0.227. The van der Waals surface area contributed by atoms with E-state index >= 15 is 0 Å². The predicted octanol–water partition coefficient (Wildman–Crippen LogP) is 7.35. The van der Waals surface area contributed by atoms with Gasteiger partial charge in [0.2, 0.25) is 0 Å². The van der Waals surface area contributed by atoms with Crippen LogP contribution in [0.4, 0.5) is 0 Å². The molecule has 182 valence electrons. The number of hydroxylamine groups is 2. The molecule has 1 unspecified atom stereocenters. The van der Waals surface area contributed by atoms with Crippen LogP contribution in [0.15, 0.2) is 84.9 Å². The van der Waals surface area contributed by atoms with Gasteiger partial charge in [0.1, 0.15) is 11.9 Å². The van der Waals surface area contributed by atoms with Crippen LogP contribution in [-0.2, 0) is 20.7 Å². The van der Waals surface area contributed by atoms with Crippen LogP contribution < -0.4 is 0 Å². The average Bonchev–Trinajstić information content (AvgIpc) is 2.80. The Hall–Kier alpha value is -2.66. The highest BCUT2D eigenvalue weighted by Gasteiger charge is 2.43. The molecule has 0 aromatic heterocycles. The lowest BCUT2D eigenvalue weighted by Crippen LogP contribution is -2.52. The van der Waals surface area contributed by atoms with Crippen molar-refractivity contribution in [3.05, 3.63) is 102 Å². The summed E-state index contributed by atoms with van der Waals surface area (Å²) in [6.07, 6.45) is -0.370. The van der Waals surface area contributed by atoms with Crippen molar-refractivity contribution >= 4 is 0 Å². The van der Waals surface area contributed by atoms with Gasteiger partial charge in [0, 0.05) is 0 Å². The van der Waals surface area contributed by atoms with Gasteiger partial charge < -0.3 is 9.84 Å². The molecule has 3 rings (SSSR count). The van der Waals surface area contributed by atoms with Crippen molar-refractivity contribution in [1.29, 1.82) is 0 Å². The first kappa shape index (κ1) is 26.0. The first-order valence-electron chi connectivity index (χ1n) is 11.9. The minimum absolute atomic E-state index is 0.227. The summed E-state index contributed by atoms with van der Waals surface area (Å²) in [7, 11) is 0. The number of rotatable bonds is 9. The van der Waals surface area contributed by atoms with E-state index in [1.807, 2.05) is 45.0 Å². The van der Waals surface area contributed by atoms with Crippen LogP contribution in [0.25, 0.3) is 0 Å². The first-order valence-corrected chi connectivity index (χ1v) is 11.9. The van der Waals surface area contributed by atoms with Gasteiger partial charge in [-0.15, -0.1) is 0 Å². The molecule has 0 saturated heterocycles. The third-order valence-electron chi connectivity index (χ3n) is 6.14. The Morgan fingerprint density at radius 3 is 1.53 bits per heavy atom. The van der Waals surface area contributed by atoms with Gasteiger partial charge in [0.25, 0.3) is 0 Å². The van der Waals surface area contributed by atoms with E-state index in [9.17, 15) is 5.11 Å². The lowest BCUT2D eigenvalue weighted by atomic mass is 9.86. The van der Waals surface area contributed by atoms with E-state index in [2.05, 4.69) is 81.3 Å². The monoisotopic (exact) mass is 461 g/mol. The molecule has 0 heterocycles. The van der Waals surface area contributed by atoms with E-state index in [4.69, 9.17) is 9.57 Å². The highest BCUT2D eigenvalue weighted by molar-refractivity contribution is 5.29. The number of phenols is 1. The lowest BCUT2D eigenvalue weighted by molar-refractivity contribution is -0.310. The van der Waals surface area contributed by atoms with Crippen LogP contribution >= 0.6 is 0 Å². The fourth-order valence-electron chi connectivity index (χ4n) is 4.22. The minimum Gasteiger partial charge on any atom is -0.508 e. The second kappa shape index (κ2) is 10.3. The molecule has 34 heavy (non-hydrogen) atoms. The topological polar surface area (TPSA) is 41.9 Å². The number of aromatic hydroxyl groups is 1. The van der Waals surface area contributed by atoms with Gasteiger partial charge in [0.05, 0.1) is 23.3 Å². The molecular formula is C30H39NO3. The maximum Gasteiger partial charge on any atom is 0.128 e. The normalized spacial score (nSPS) is 13.8. The molecule has 0 fully saturated rings. The molecular weight excluding hydrogens is 422 g/mol. The molecule has 3 aromatic carbocycles.